The van der Waals surface area contributed by atoms with E-state index in [4.69, 9.17) is 18.0 Å². The summed E-state index contributed by atoms with van der Waals surface area (Å²) in [4.78, 5) is 17.1. The van der Waals surface area contributed by atoms with Crippen LogP contribution in [0.5, 0.6) is 0 Å². The number of nitrogens with one attached hydrogen (secondary N) is 1. The minimum atomic E-state index is -0.495. The number of urea groups is 1. The lowest BCUT2D eigenvalue weighted by atomic mass is 9.87. The van der Waals surface area contributed by atoms with E-state index in [0.717, 1.165) is 51.9 Å². The molecule has 0 atom stereocenters. The third kappa shape index (κ3) is 3.61. The second-order valence-electron chi connectivity index (χ2n) is 6.08. The molecule has 0 aromatic rings. The number of carbonyl (C=O) groups excluding carboxylic acids is 1. The maximum Gasteiger partial charge on any atom is 0.318 e. The van der Waals surface area contributed by atoms with Gasteiger partial charge >= 0.3 is 6.03 Å². The first-order valence-electron chi connectivity index (χ1n) is 7.59. The molecular formula is C14H26N4OS. The number of likely N-dealkylation sites (tertiary alicyclic amines) is 2. The van der Waals surface area contributed by atoms with Gasteiger partial charge in [0.1, 0.15) is 0 Å². The Morgan fingerprint density at radius 1 is 1.10 bits per heavy atom. The lowest BCUT2D eigenvalue weighted by molar-refractivity contribution is 0.169. The van der Waals surface area contributed by atoms with E-state index in [2.05, 4.69) is 17.3 Å². The van der Waals surface area contributed by atoms with Crippen molar-refractivity contribution in [3.8, 4) is 0 Å². The normalized spacial score (nSPS) is 23.9. The van der Waals surface area contributed by atoms with E-state index < -0.39 is 5.54 Å². The smallest absolute Gasteiger partial charge is 0.318 e. The van der Waals surface area contributed by atoms with Gasteiger partial charge in [0, 0.05) is 26.2 Å². The van der Waals surface area contributed by atoms with Crippen LogP contribution in [0.25, 0.3) is 0 Å². The van der Waals surface area contributed by atoms with Gasteiger partial charge in [-0.2, -0.15) is 0 Å². The van der Waals surface area contributed by atoms with Crippen LogP contribution in [0.15, 0.2) is 0 Å². The summed E-state index contributed by atoms with van der Waals surface area (Å²) < 4.78 is 0. The molecule has 0 bridgehead atoms. The Balaban J connectivity index is 2.00. The third-order valence-corrected chi connectivity index (χ3v) is 4.94. The van der Waals surface area contributed by atoms with Crippen molar-refractivity contribution in [2.24, 2.45) is 5.73 Å². The molecule has 2 rings (SSSR count). The fraction of sp³-hybridized carbons (Fsp3) is 0.857. The van der Waals surface area contributed by atoms with E-state index in [9.17, 15) is 4.79 Å². The van der Waals surface area contributed by atoms with Crippen molar-refractivity contribution < 1.29 is 4.79 Å². The number of nitrogens with zero attached hydrogens (tertiary/aromatic N) is 2. The summed E-state index contributed by atoms with van der Waals surface area (Å²) >= 11 is 5.24. The standard InChI is InChI=1S/C14H26N4OS/c1-17-10-6-14(7-11-17,12(15)20)16-13(19)18-8-4-2-3-5-9-18/h2-11H2,1H3,(H2,15,20)(H,16,19). The summed E-state index contributed by atoms with van der Waals surface area (Å²) in [5.74, 6) is 0. The molecule has 0 aromatic carbocycles. The van der Waals surface area contributed by atoms with Crippen molar-refractivity contribution in [2.75, 3.05) is 33.2 Å². The number of rotatable bonds is 2. The maximum absolute atomic E-state index is 12.5. The van der Waals surface area contributed by atoms with Crippen LogP contribution in [0.2, 0.25) is 0 Å². The first kappa shape index (κ1) is 15.5. The van der Waals surface area contributed by atoms with Gasteiger partial charge in [0.05, 0.1) is 10.5 Å². The van der Waals surface area contributed by atoms with Crippen molar-refractivity contribution in [1.82, 2.24) is 15.1 Å². The third-order valence-electron chi connectivity index (χ3n) is 4.55. The average molecular weight is 298 g/mol. The molecule has 2 aliphatic heterocycles. The first-order valence-corrected chi connectivity index (χ1v) is 8.00. The van der Waals surface area contributed by atoms with Crippen LogP contribution in [0.3, 0.4) is 0 Å². The summed E-state index contributed by atoms with van der Waals surface area (Å²) in [6, 6.07) is 0.00394. The Labute approximate surface area is 126 Å². The lowest BCUT2D eigenvalue weighted by Gasteiger charge is -2.41. The molecule has 0 radical (unpaired) electrons. The Kier molecular flexibility index (Phi) is 5.21. The number of piperidine rings is 1. The second kappa shape index (κ2) is 6.72. The predicted octanol–water partition coefficient (Wildman–Crippen LogP) is 1.32. The molecule has 0 aromatic heterocycles. The van der Waals surface area contributed by atoms with E-state index >= 15 is 0 Å². The zero-order chi connectivity index (χ0) is 14.6. The molecule has 2 fully saturated rings. The highest BCUT2D eigenvalue weighted by atomic mass is 32.1. The largest absolute Gasteiger partial charge is 0.391 e. The molecule has 20 heavy (non-hydrogen) atoms. The molecule has 0 aliphatic carbocycles. The van der Waals surface area contributed by atoms with E-state index in [0.29, 0.717) is 4.99 Å². The topological polar surface area (TPSA) is 61.6 Å². The molecule has 0 unspecified atom stereocenters. The van der Waals surface area contributed by atoms with Gasteiger partial charge in [0.25, 0.3) is 0 Å². The molecule has 2 aliphatic rings. The highest BCUT2D eigenvalue weighted by Crippen LogP contribution is 2.23. The van der Waals surface area contributed by atoms with Crippen molar-refractivity contribution in [2.45, 2.75) is 44.1 Å². The van der Waals surface area contributed by atoms with Crippen molar-refractivity contribution >= 4 is 23.2 Å². The van der Waals surface area contributed by atoms with Gasteiger partial charge in [-0.15, -0.1) is 0 Å². The SMILES string of the molecule is CN1CCC(NC(=O)N2CCCCCC2)(C(N)=S)CC1. The Morgan fingerprint density at radius 3 is 2.15 bits per heavy atom. The van der Waals surface area contributed by atoms with Gasteiger partial charge < -0.3 is 20.9 Å². The minimum absolute atomic E-state index is 0.00394. The van der Waals surface area contributed by atoms with Gasteiger partial charge in [-0.1, -0.05) is 25.1 Å². The van der Waals surface area contributed by atoms with Crippen LogP contribution in [0.4, 0.5) is 4.79 Å². The fourth-order valence-electron chi connectivity index (χ4n) is 2.99. The van der Waals surface area contributed by atoms with Crippen LogP contribution in [-0.2, 0) is 0 Å². The van der Waals surface area contributed by atoms with Crippen molar-refractivity contribution in [1.29, 1.82) is 0 Å². The predicted molar refractivity (Wildman–Crippen MR) is 84.8 cm³/mol. The summed E-state index contributed by atoms with van der Waals surface area (Å²) in [6.07, 6.45) is 6.23. The minimum Gasteiger partial charge on any atom is -0.391 e. The van der Waals surface area contributed by atoms with Crippen molar-refractivity contribution in [3.63, 3.8) is 0 Å². The van der Waals surface area contributed by atoms with E-state index in [-0.39, 0.29) is 6.03 Å². The van der Waals surface area contributed by atoms with Crippen LogP contribution in [0.1, 0.15) is 38.5 Å². The van der Waals surface area contributed by atoms with Gasteiger partial charge in [0.15, 0.2) is 0 Å². The molecule has 2 heterocycles. The van der Waals surface area contributed by atoms with Gasteiger partial charge in [-0.25, -0.2) is 4.79 Å². The Bertz CT molecular complexity index is 358. The molecule has 5 nitrogen and oxygen atoms in total. The summed E-state index contributed by atoms with van der Waals surface area (Å²) in [5.41, 5.74) is 5.44. The van der Waals surface area contributed by atoms with Gasteiger partial charge in [-0.3, -0.25) is 0 Å². The number of carbonyl (C=O) groups is 1. The molecule has 0 saturated carbocycles. The highest BCUT2D eigenvalue weighted by Gasteiger charge is 2.38. The van der Waals surface area contributed by atoms with Crippen LogP contribution in [0, 0.1) is 0 Å². The zero-order valence-electron chi connectivity index (χ0n) is 12.4. The number of thiocarbonyl (C=S) groups is 1. The number of amides is 2. The highest BCUT2D eigenvalue weighted by molar-refractivity contribution is 7.80. The van der Waals surface area contributed by atoms with E-state index in [1.807, 2.05) is 4.90 Å². The molecular weight excluding hydrogens is 272 g/mol. The summed E-state index contributed by atoms with van der Waals surface area (Å²) in [5, 5.41) is 3.14. The van der Waals surface area contributed by atoms with Crippen LogP contribution >= 0.6 is 12.2 Å². The lowest BCUT2D eigenvalue weighted by Crippen LogP contribution is -2.63. The zero-order valence-corrected chi connectivity index (χ0v) is 13.2. The van der Waals surface area contributed by atoms with E-state index in [1.54, 1.807) is 0 Å². The molecule has 0 spiro atoms. The molecule has 2 saturated heterocycles. The van der Waals surface area contributed by atoms with Gasteiger partial charge in [-0.05, 0) is 32.7 Å². The summed E-state index contributed by atoms with van der Waals surface area (Å²) in [6.45, 7) is 3.52. The molecule has 114 valence electrons. The average Bonchev–Trinajstić information content (AvgIpc) is 2.70. The Morgan fingerprint density at radius 2 is 1.65 bits per heavy atom. The van der Waals surface area contributed by atoms with E-state index in [1.165, 1.54) is 12.8 Å². The quantitative estimate of drug-likeness (QED) is 0.755. The van der Waals surface area contributed by atoms with Crippen molar-refractivity contribution in [3.05, 3.63) is 0 Å². The second-order valence-corrected chi connectivity index (χ2v) is 6.52. The van der Waals surface area contributed by atoms with Crippen LogP contribution in [-0.4, -0.2) is 59.6 Å². The summed E-state index contributed by atoms with van der Waals surface area (Å²) in [7, 11) is 2.08. The number of nitrogens with two attached hydrogens (primary N) is 1. The number of hydrogen-bond acceptors (Lipinski definition) is 3. The maximum atomic E-state index is 12.5. The van der Waals surface area contributed by atoms with Gasteiger partial charge in [0.2, 0.25) is 0 Å². The molecule has 6 heteroatoms. The molecule has 3 N–H and O–H groups in total. The first-order chi connectivity index (χ1) is 9.53. The number of hydrogen-bond donors (Lipinski definition) is 2. The monoisotopic (exact) mass is 298 g/mol. The van der Waals surface area contributed by atoms with Crippen LogP contribution < -0.4 is 11.1 Å². The Hall–Kier alpha value is -0.880. The molecule has 2 amide bonds. The fourth-order valence-corrected chi connectivity index (χ4v) is 3.25.